The molecule has 0 aliphatic carbocycles. The molecule has 0 aromatic rings. The molecule has 0 aromatic heterocycles. The molecule has 2 amide bonds. The van der Waals surface area contributed by atoms with Gasteiger partial charge in [-0.05, 0) is 32.4 Å². The van der Waals surface area contributed by atoms with Crippen molar-refractivity contribution in [2.24, 2.45) is 5.73 Å². The van der Waals surface area contributed by atoms with Gasteiger partial charge in [-0.25, -0.2) is 4.79 Å². The van der Waals surface area contributed by atoms with Crippen LogP contribution in [0.15, 0.2) is 0 Å². The fourth-order valence-corrected chi connectivity index (χ4v) is 2.17. The molecular formula is C13H28N4O. The Kier molecular flexibility index (Phi) is 7.76. The topological polar surface area (TPSA) is 61.6 Å². The molecule has 0 saturated carbocycles. The fraction of sp³-hybridized carbons (Fsp3) is 0.923. The third-order valence-corrected chi connectivity index (χ3v) is 3.36. The molecule has 0 unspecified atom stereocenters. The van der Waals surface area contributed by atoms with Gasteiger partial charge in [-0.3, -0.25) is 4.90 Å². The smallest absolute Gasteiger partial charge is 0.317 e. The minimum atomic E-state index is 0.0969. The number of carbonyl (C=O) groups is 1. The molecule has 5 nitrogen and oxygen atoms in total. The van der Waals surface area contributed by atoms with E-state index in [-0.39, 0.29) is 6.03 Å². The Morgan fingerprint density at radius 2 is 1.89 bits per heavy atom. The Hall–Kier alpha value is -0.810. The number of hydrogen-bond acceptors (Lipinski definition) is 3. The average molecular weight is 256 g/mol. The SMILES string of the molecule is CCCNC(=O)N1CCN(CCCCCN)CC1. The maximum absolute atomic E-state index is 11.7. The lowest BCUT2D eigenvalue weighted by molar-refractivity contribution is 0.138. The van der Waals surface area contributed by atoms with Crippen LogP contribution in [0.1, 0.15) is 32.6 Å². The summed E-state index contributed by atoms with van der Waals surface area (Å²) >= 11 is 0. The number of nitrogens with two attached hydrogens (primary N) is 1. The van der Waals surface area contributed by atoms with E-state index in [9.17, 15) is 4.79 Å². The van der Waals surface area contributed by atoms with Crippen molar-refractivity contribution < 1.29 is 4.79 Å². The highest BCUT2D eigenvalue weighted by Gasteiger charge is 2.19. The van der Waals surface area contributed by atoms with Gasteiger partial charge in [-0.2, -0.15) is 0 Å². The molecule has 1 aliphatic heterocycles. The van der Waals surface area contributed by atoms with E-state index < -0.39 is 0 Å². The molecule has 0 radical (unpaired) electrons. The van der Waals surface area contributed by atoms with Crippen molar-refractivity contribution in [1.29, 1.82) is 0 Å². The standard InChI is InChI=1S/C13H28N4O/c1-2-7-15-13(18)17-11-9-16(10-12-17)8-5-3-4-6-14/h2-12,14H2,1H3,(H,15,18). The van der Waals surface area contributed by atoms with Crippen molar-refractivity contribution in [1.82, 2.24) is 15.1 Å². The van der Waals surface area contributed by atoms with Crippen LogP contribution in [0.25, 0.3) is 0 Å². The molecule has 0 spiro atoms. The summed E-state index contributed by atoms with van der Waals surface area (Å²) in [7, 11) is 0. The summed E-state index contributed by atoms with van der Waals surface area (Å²) in [4.78, 5) is 16.1. The first kappa shape index (κ1) is 15.2. The summed E-state index contributed by atoms with van der Waals surface area (Å²) in [5.74, 6) is 0. The number of nitrogens with zero attached hydrogens (tertiary/aromatic N) is 2. The van der Waals surface area contributed by atoms with Crippen LogP contribution in [0.4, 0.5) is 4.79 Å². The Morgan fingerprint density at radius 1 is 1.17 bits per heavy atom. The average Bonchev–Trinajstić information content (AvgIpc) is 2.41. The number of hydrogen-bond donors (Lipinski definition) is 2. The summed E-state index contributed by atoms with van der Waals surface area (Å²) in [6, 6.07) is 0.0969. The molecule has 0 bridgehead atoms. The van der Waals surface area contributed by atoms with Gasteiger partial charge in [0, 0.05) is 32.7 Å². The second-order valence-electron chi connectivity index (χ2n) is 4.91. The van der Waals surface area contributed by atoms with Crippen molar-refractivity contribution >= 4 is 6.03 Å². The Balaban J connectivity index is 2.10. The molecule has 1 rings (SSSR count). The van der Waals surface area contributed by atoms with Gasteiger partial charge in [0.2, 0.25) is 0 Å². The minimum absolute atomic E-state index is 0.0969. The first-order chi connectivity index (χ1) is 8.77. The zero-order chi connectivity index (χ0) is 13.2. The van der Waals surface area contributed by atoms with Gasteiger partial charge in [0.25, 0.3) is 0 Å². The molecule has 106 valence electrons. The minimum Gasteiger partial charge on any atom is -0.338 e. The van der Waals surface area contributed by atoms with Crippen molar-refractivity contribution in [3.63, 3.8) is 0 Å². The van der Waals surface area contributed by atoms with E-state index in [4.69, 9.17) is 5.73 Å². The van der Waals surface area contributed by atoms with Gasteiger partial charge in [0.15, 0.2) is 0 Å². The van der Waals surface area contributed by atoms with Crippen LogP contribution in [0, 0.1) is 0 Å². The number of unbranched alkanes of at least 4 members (excludes halogenated alkanes) is 2. The number of carbonyl (C=O) groups excluding carboxylic acids is 1. The number of nitrogens with one attached hydrogen (secondary N) is 1. The fourth-order valence-electron chi connectivity index (χ4n) is 2.17. The lowest BCUT2D eigenvalue weighted by Crippen LogP contribution is -2.51. The molecule has 5 heteroatoms. The van der Waals surface area contributed by atoms with Crippen molar-refractivity contribution in [2.45, 2.75) is 32.6 Å². The van der Waals surface area contributed by atoms with Crippen LogP contribution in [-0.2, 0) is 0 Å². The van der Waals surface area contributed by atoms with Gasteiger partial charge < -0.3 is 16.0 Å². The van der Waals surface area contributed by atoms with Crippen molar-refractivity contribution in [2.75, 3.05) is 45.8 Å². The number of piperazine rings is 1. The zero-order valence-electron chi connectivity index (χ0n) is 11.7. The van der Waals surface area contributed by atoms with Crippen LogP contribution in [0.5, 0.6) is 0 Å². The molecule has 1 fully saturated rings. The summed E-state index contributed by atoms with van der Waals surface area (Å²) in [6.07, 6.45) is 4.55. The van der Waals surface area contributed by atoms with E-state index in [0.29, 0.717) is 0 Å². The normalized spacial score (nSPS) is 16.9. The summed E-state index contributed by atoms with van der Waals surface area (Å²) in [5.41, 5.74) is 5.47. The second-order valence-corrected chi connectivity index (χ2v) is 4.91. The quantitative estimate of drug-likeness (QED) is 0.664. The number of amides is 2. The predicted molar refractivity (Wildman–Crippen MR) is 74.6 cm³/mol. The van der Waals surface area contributed by atoms with Crippen molar-refractivity contribution in [3.05, 3.63) is 0 Å². The van der Waals surface area contributed by atoms with Crippen LogP contribution in [0.3, 0.4) is 0 Å². The number of rotatable bonds is 7. The highest BCUT2D eigenvalue weighted by Crippen LogP contribution is 2.04. The highest BCUT2D eigenvalue weighted by molar-refractivity contribution is 5.74. The maximum Gasteiger partial charge on any atom is 0.317 e. The highest BCUT2D eigenvalue weighted by atomic mass is 16.2. The van der Waals surface area contributed by atoms with E-state index in [1.165, 1.54) is 12.8 Å². The molecule has 1 heterocycles. The Labute approximate surface area is 111 Å². The monoisotopic (exact) mass is 256 g/mol. The second kappa shape index (κ2) is 9.16. The van der Waals surface area contributed by atoms with E-state index >= 15 is 0 Å². The molecular weight excluding hydrogens is 228 g/mol. The lowest BCUT2D eigenvalue weighted by Gasteiger charge is -2.34. The molecule has 18 heavy (non-hydrogen) atoms. The van der Waals surface area contributed by atoms with Crippen LogP contribution in [-0.4, -0.2) is 61.6 Å². The molecule has 0 atom stereocenters. The first-order valence-electron chi connectivity index (χ1n) is 7.23. The lowest BCUT2D eigenvalue weighted by atomic mass is 10.2. The van der Waals surface area contributed by atoms with Crippen LogP contribution in [0.2, 0.25) is 0 Å². The van der Waals surface area contributed by atoms with E-state index in [1.54, 1.807) is 0 Å². The summed E-state index contributed by atoms with van der Waals surface area (Å²) < 4.78 is 0. The molecule has 1 saturated heterocycles. The van der Waals surface area contributed by atoms with E-state index in [1.807, 2.05) is 4.90 Å². The van der Waals surface area contributed by atoms with Crippen LogP contribution < -0.4 is 11.1 Å². The van der Waals surface area contributed by atoms with Crippen molar-refractivity contribution in [3.8, 4) is 0 Å². The van der Waals surface area contributed by atoms with E-state index in [0.717, 1.165) is 58.7 Å². The summed E-state index contributed by atoms with van der Waals surface area (Å²) in [6.45, 7) is 8.50. The zero-order valence-corrected chi connectivity index (χ0v) is 11.7. The largest absolute Gasteiger partial charge is 0.338 e. The third kappa shape index (κ3) is 5.69. The van der Waals surface area contributed by atoms with Gasteiger partial charge >= 0.3 is 6.03 Å². The van der Waals surface area contributed by atoms with Crippen LogP contribution >= 0.6 is 0 Å². The van der Waals surface area contributed by atoms with Gasteiger partial charge in [-0.15, -0.1) is 0 Å². The van der Waals surface area contributed by atoms with Gasteiger partial charge in [0.05, 0.1) is 0 Å². The van der Waals surface area contributed by atoms with E-state index in [2.05, 4.69) is 17.1 Å². The summed E-state index contributed by atoms with van der Waals surface area (Å²) in [5, 5.41) is 2.93. The first-order valence-corrected chi connectivity index (χ1v) is 7.23. The van der Waals surface area contributed by atoms with Gasteiger partial charge in [-0.1, -0.05) is 13.3 Å². The maximum atomic E-state index is 11.7. The van der Waals surface area contributed by atoms with Gasteiger partial charge in [0.1, 0.15) is 0 Å². The molecule has 3 N–H and O–H groups in total. The predicted octanol–water partition coefficient (Wildman–Crippen LogP) is 0.853. The number of urea groups is 1. The molecule has 0 aromatic carbocycles. The Bertz CT molecular complexity index is 227. The third-order valence-electron chi connectivity index (χ3n) is 3.36. The Morgan fingerprint density at radius 3 is 2.50 bits per heavy atom. The molecule has 1 aliphatic rings.